The Morgan fingerprint density at radius 2 is 2.12 bits per heavy atom. The van der Waals surface area contributed by atoms with Crippen LogP contribution in [-0.4, -0.2) is 47.3 Å². The van der Waals surface area contributed by atoms with Gasteiger partial charge in [-0.3, -0.25) is 9.88 Å². The number of nitrogens with zero attached hydrogens (tertiary/aromatic N) is 2. The zero-order valence-corrected chi connectivity index (χ0v) is 14.4. The average Bonchev–Trinajstić information content (AvgIpc) is 3.22. The number of nitrogens with one attached hydrogen (secondary N) is 1. The van der Waals surface area contributed by atoms with Crippen molar-refractivity contribution in [1.82, 2.24) is 14.9 Å². The number of aromatic amines is 1. The molecule has 2 saturated heterocycles. The van der Waals surface area contributed by atoms with Crippen LogP contribution in [0.2, 0.25) is 0 Å². The molecule has 0 aliphatic carbocycles. The fraction of sp³-hybridized carbons (Fsp3) is 0.526. The van der Waals surface area contributed by atoms with Gasteiger partial charge >= 0.3 is 0 Å². The summed E-state index contributed by atoms with van der Waals surface area (Å²) < 4.78 is 12.1. The van der Waals surface area contributed by atoms with Crippen LogP contribution in [0.15, 0.2) is 30.5 Å². The second-order valence-electron chi connectivity index (χ2n) is 7.08. The van der Waals surface area contributed by atoms with E-state index >= 15 is 0 Å². The lowest BCUT2D eigenvalue weighted by atomic mass is 9.94. The minimum absolute atomic E-state index is 0.356. The number of ether oxygens (including phenoxy) is 2. The van der Waals surface area contributed by atoms with Gasteiger partial charge in [0.05, 0.1) is 19.3 Å². The molecule has 0 radical (unpaired) electrons. The first-order chi connectivity index (χ1) is 11.7. The predicted octanol–water partition coefficient (Wildman–Crippen LogP) is 2.55. The molecule has 2 aromatic rings. The molecule has 2 aliphatic rings. The second-order valence-corrected chi connectivity index (χ2v) is 7.08. The van der Waals surface area contributed by atoms with E-state index in [-0.39, 0.29) is 0 Å². The van der Waals surface area contributed by atoms with Crippen LogP contribution in [0.4, 0.5) is 0 Å². The minimum atomic E-state index is 0.356. The topological polar surface area (TPSA) is 50.4 Å². The van der Waals surface area contributed by atoms with Gasteiger partial charge in [0.2, 0.25) is 0 Å². The molecule has 0 saturated carbocycles. The van der Waals surface area contributed by atoms with Gasteiger partial charge in [-0.15, -0.1) is 0 Å². The Kier molecular flexibility index (Phi) is 4.29. The summed E-state index contributed by atoms with van der Waals surface area (Å²) >= 11 is 0. The smallest absolute Gasteiger partial charge is 0.122 e. The van der Waals surface area contributed by atoms with Crippen molar-refractivity contribution in [3.63, 3.8) is 0 Å². The van der Waals surface area contributed by atoms with Gasteiger partial charge in [0.1, 0.15) is 5.75 Å². The molecule has 0 unspecified atom stereocenters. The largest absolute Gasteiger partial charge is 0.493 e. The van der Waals surface area contributed by atoms with Crippen molar-refractivity contribution in [3.8, 4) is 5.75 Å². The predicted molar refractivity (Wildman–Crippen MR) is 92.0 cm³/mol. The number of hydrogen-bond acceptors (Lipinski definition) is 4. The fourth-order valence-electron chi connectivity index (χ4n) is 3.97. The summed E-state index contributed by atoms with van der Waals surface area (Å²) in [5.74, 6) is 1.96. The van der Waals surface area contributed by atoms with Crippen LogP contribution < -0.4 is 4.74 Å². The highest BCUT2D eigenvalue weighted by atomic mass is 16.5. The molecular formula is C19H25N3O2. The van der Waals surface area contributed by atoms with Gasteiger partial charge in [0.25, 0.3) is 0 Å². The third kappa shape index (κ3) is 3.32. The molecule has 5 nitrogen and oxygen atoms in total. The van der Waals surface area contributed by atoms with Crippen molar-refractivity contribution in [2.75, 3.05) is 26.3 Å². The standard InChI is InChI=1S/C19H25N3O2/c1-13-6-17(7-14(2)21-13)23-11-15-12-24-19-10-22(9-18(15)19)8-16-4-3-5-20-16/h3-7,15,18-20H,8-12H2,1-2H3/t15-,18+,19+/m1/s1. The minimum Gasteiger partial charge on any atom is -0.493 e. The van der Waals surface area contributed by atoms with Crippen LogP contribution >= 0.6 is 0 Å². The number of pyridine rings is 1. The molecule has 4 rings (SSSR count). The van der Waals surface area contributed by atoms with Crippen LogP contribution in [0.1, 0.15) is 17.1 Å². The maximum Gasteiger partial charge on any atom is 0.122 e. The van der Waals surface area contributed by atoms with Crippen molar-refractivity contribution in [3.05, 3.63) is 47.5 Å². The number of hydrogen-bond donors (Lipinski definition) is 1. The van der Waals surface area contributed by atoms with Gasteiger partial charge in [-0.25, -0.2) is 0 Å². The fourth-order valence-corrected chi connectivity index (χ4v) is 3.97. The molecule has 0 bridgehead atoms. The van der Waals surface area contributed by atoms with E-state index in [1.165, 1.54) is 5.69 Å². The molecule has 128 valence electrons. The molecular weight excluding hydrogens is 302 g/mol. The lowest BCUT2D eigenvalue weighted by Crippen LogP contribution is -2.26. The number of likely N-dealkylation sites (tertiary alicyclic amines) is 1. The molecule has 2 fully saturated rings. The summed E-state index contributed by atoms with van der Waals surface area (Å²) in [6, 6.07) is 8.21. The Morgan fingerprint density at radius 1 is 1.29 bits per heavy atom. The van der Waals surface area contributed by atoms with E-state index < -0.39 is 0 Å². The first-order valence-corrected chi connectivity index (χ1v) is 8.72. The van der Waals surface area contributed by atoms with Crippen molar-refractivity contribution in [2.45, 2.75) is 26.5 Å². The lowest BCUT2D eigenvalue weighted by Gasteiger charge is -2.19. The van der Waals surface area contributed by atoms with Gasteiger partial charge in [0, 0.05) is 66.9 Å². The lowest BCUT2D eigenvalue weighted by molar-refractivity contribution is 0.0895. The number of aryl methyl sites for hydroxylation is 2. The Bertz CT molecular complexity index is 666. The van der Waals surface area contributed by atoms with Crippen LogP contribution in [0.5, 0.6) is 5.75 Å². The maximum absolute atomic E-state index is 6.06. The van der Waals surface area contributed by atoms with Crippen LogP contribution in [-0.2, 0) is 11.3 Å². The summed E-state index contributed by atoms with van der Waals surface area (Å²) in [5, 5.41) is 0. The van der Waals surface area contributed by atoms with Crippen LogP contribution in [0, 0.1) is 25.7 Å². The molecule has 4 heterocycles. The molecule has 0 aromatic carbocycles. The zero-order chi connectivity index (χ0) is 16.5. The van der Waals surface area contributed by atoms with Gasteiger partial charge < -0.3 is 14.5 Å². The van der Waals surface area contributed by atoms with E-state index in [0.717, 1.165) is 50.0 Å². The summed E-state index contributed by atoms with van der Waals surface area (Å²) in [7, 11) is 0. The number of fused-ring (bicyclic) bond motifs is 1. The Labute approximate surface area is 143 Å². The molecule has 0 spiro atoms. The van der Waals surface area contributed by atoms with E-state index in [9.17, 15) is 0 Å². The zero-order valence-electron chi connectivity index (χ0n) is 14.4. The highest BCUT2D eigenvalue weighted by Gasteiger charge is 2.44. The first kappa shape index (κ1) is 15.7. The van der Waals surface area contributed by atoms with E-state index in [1.807, 2.05) is 32.2 Å². The Balaban J connectivity index is 1.34. The van der Waals surface area contributed by atoms with Crippen molar-refractivity contribution < 1.29 is 9.47 Å². The van der Waals surface area contributed by atoms with Gasteiger partial charge in [-0.1, -0.05) is 0 Å². The third-order valence-electron chi connectivity index (χ3n) is 5.09. The third-order valence-corrected chi connectivity index (χ3v) is 5.09. The monoisotopic (exact) mass is 327 g/mol. The second kappa shape index (κ2) is 6.57. The molecule has 5 heteroatoms. The van der Waals surface area contributed by atoms with Crippen molar-refractivity contribution >= 4 is 0 Å². The SMILES string of the molecule is Cc1cc(OC[C@@H]2CO[C@H]3CN(Cc4ccc[nH]4)C[C@@H]23)cc(C)n1. The maximum atomic E-state index is 6.06. The van der Waals surface area contributed by atoms with Crippen molar-refractivity contribution in [1.29, 1.82) is 0 Å². The Hall–Kier alpha value is -1.85. The highest BCUT2D eigenvalue weighted by Crippen LogP contribution is 2.34. The first-order valence-electron chi connectivity index (χ1n) is 8.72. The van der Waals surface area contributed by atoms with Gasteiger partial charge in [-0.05, 0) is 26.0 Å². The van der Waals surface area contributed by atoms with Crippen LogP contribution in [0.3, 0.4) is 0 Å². The van der Waals surface area contributed by atoms with E-state index in [4.69, 9.17) is 9.47 Å². The molecule has 3 atom stereocenters. The molecule has 2 aromatic heterocycles. The number of rotatable bonds is 5. The molecule has 1 N–H and O–H groups in total. The summed E-state index contributed by atoms with van der Waals surface area (Å²) in [4.78, 5) is 10.2. The summed E-state index contributed by atoms with van der Waals surface area (Å²) in [5.41, 5.74) is 3.28. The number of H-pyrrole nitrogens is 1. The normalized spacial score (nSPS) is 26.7. The van der Waals surface area contributed by atoms with Crippen LogP contribution in [0.25, 0.3) is 0 Å². The van der Waals surface area contributed by atoms with Gasteiger partial charge in [0.15, 0.2) is 0 Å². The van der Waals surface area contributed by atoms with Crippen molar-refractivity contribution in [2.24, 2.45) is 11.8 Å². The van der Waals surface area contributed by atoms with E-state index in [1.54, 1.807) is 0 Å². The molecule has 0 amide bonds. The summed E-state index contributed by atoms with van der Waals surface area (Å²) in [6.07, 6.45) is 2.34. The number of aromatic nitrogens is 2. The molecule has 2 aliphatic heterocycles. The highest BCUT2D eigenvalue weighted by molar-refractivity contribution is 5.26. The summed E-state index contributed by atoms with van der Waals surface area (Å²) in [6.45, 7) is 8.63. The Morgan fingerprint density at radius 3 is 2.88 bits per heavy atom. The quantitative estimate of drug-likeness (QED) is 0.917. The van der Waals surface area contributed by atoms with Gasteiger partial charge in [-0.2, -0.15) is 0 Å². The van der Waals surface area contributed by atoms with E-state index in [2.05, 4.69) is 27.0 Å². The van der Waals surface area contributed by atoms with E-state index in [0.29, 0.717) is 17.9 Å². The molecule has 24 heavy (non-hydrogen) atoms. The average molecular weight is 327 g/mol.